The lowest BCUT2D eigenvalue weighted by atomic mass is 10.1. The molecule has 1 aliphatic heterocycles. The predicted octanol–water partition coefficient (Wildman–Crippen LogP) is 1.25. The van der Waals surface area contributed by atoms with E-state index in [1.807, 2.05) is 19.1 Å². The van der Waals surface area contributed by atoms with Crippen molar-refractivity contribution in [1.29, 1.82) is 0 Å². The summed E-state index contributed by atoms with van der Waals surface area (Å²) in [6.07, 6.45) is 1.72. The Morgan fingerprint density at radius 3 is 2.89 bits per heavy atom. The summed E-state index contributed by atoms with van der Waals surface area (Å²) in [5.41, 5.74) is 7.44. The number of carbonyl (C=O) groups is 1. The van der Waals surface area contributed by atoms with Crippen molar-refractivity contribution in [3.63, 3.8) is 0 Å². The van der Waals surface area contributed by atoms with Gasteiger partial charge < -0.3 is 20.5 Å². The minimum Gasteiger partial charge on any atom is -0.482 e. The van der Waals surface area contributed by atoms with E-state index >= 15 is 0 Å². The van der Waals surface area contributed by atoms with Crippen molar-refractivity contribution in [3.05, 3.63) is 23.8 Å². The van der Waals surface area contributed by atoms with Crippen LogP contribution in [-0.4, -0.2) is 31.8 Å². The second-order valence-corrected chi connectivity index (χ2v) is 4.78. The van der Waals surface area contributed by atoms with Gasteiger partial charge in [-0.2, -0.15) is 0 Å². The Kier molecular flexibility index (Phi) is 4.63. The second kappa shape index (κ2) is 6.43. The van der Waals surface area contributed by atoms with Gasteiger partial charge in [-0.25, -0.2) is 0 Å². The van der Waals surface area contributed by atoms with E-state index in [9.17, 15) is 4.79 Å². The number of hydrogen-bond acceptors (Lipinski definition) is 4. The minimum atomic E-state index is -0.119. The fourth-order valence-electron chi connectivity index (χ4n) is 2.05. The van der Waals surface area contributed by atoms with Gasteiger partial charge in [0.25, 0.3) is 5.91 Å². The van der Waals surface area contributed by atoms with Crippen molar-refractivity contribution in [2.75, 3.05) is 25.6 Å². The number of aryl methyl sites for hydroxylation is 1. The molecule has 19 heavy (non-hydrogen) atoms. The first-order valence-electron chi connectivity index (χ1n) is 6.51. The monoisotopic (exact) mass is 264 g/mol. The maximum absolute atomic E-state index is 11.7. The molecule has 1 saturated heterocycles. The van der Waals surface area contributed by atoms with E-state index in [-0.39, 0.29) is 18.6 Å². The summed E-state index contributed by atoms with van der Waals surface area (Å²) in [7, 11) is 0. The summed E-state index contributed by atoms with van der Waals surface area (Å²) in [6.45, 7) is 3.36. The third-order valence-corrected chi connectivity index (χ3v) is 3.11. The molecule has 0 aliphatic carbocycles. The van der Waals surface area contributed by atoms with Gasteiger partial charge in [-0.1, -0.05) is 6.07 Å². The Labute approximate surface area is 113 Å². The van der Waals surface area contributed by atoms with E-state index < -0.39 is 0 Å². The average molecular weight is 264 g/mol. The summed E-state index contributed by atoms with van der Waals surface area (Å²) in [6, 6.07) is 5.71. The highest BCUT2D eigenvalue weighted by molar-refractivity contribution is 5.78. The van der Waals surface area contributed by atoms with Gasteiger partial charge in [0, 0.05) is 19.3 Å². The van der Waals surface area contributed by atoms with Gasteiger partial charge in [-0.3, -0.25) is 4.79 Å². The van der Waals surface area contributed by atoms with Crippen LogP contribution in [0.4, 0.5) is 5.69 Å². The van der Waals surface area contributed by atoms with E-state index in [2.05, 4.69) is 5.32 Å². The molecule has 1 aromatic carbocycles. The van der Waals surface area contributed by atoms with Crippen molar-refractivity contribution in [2.45, 2.75) is 25.8 Å². The van der Waals surface area contributed by atoms with Crippen LogP contribution in [0.3, 0.4) is 0 Å². The maximum atomic E-state index is 11.7. The number of ether oxygens (including phenoxy) is 2. The zero-order chi connectivity index (χ0) is 13.7. The minimum absolute atomic E-state index is 0.00931. The average Bonchev–Trinajstić information content (AvgIpc) is 2.39. The van der Waals surface area contributed by atoms with Crippen molar-refractivity contribution < 1.29 is 14.3 Å². The molecule has 0 aromatic heterocycles. The second-order valence-electron chi connectivity index (χ2n) is 4.78. The topological polar surface area (TPSA) is 73.6 Å². The molecule has 1 aromatic rings. The lowest BCUT2D eigenvalue weighted by molar-refractivity contribution is -0.124. The Hall–Kier alpha value is -1.75. The summed E-state index contributed by atoms with van der Waals surface area (Å²) in [5, 5.41) is 2.94. The molecule has 2 rings (SSSR count). The maximum Gasteiger partial charge on any atom is 0.258 e. The van der Waals surface area contributed by atoms with Crippen molar-refractivity contribution in [2.24, 2.45) is 0 Å². The van der Waals surface area contributed by atoms with Gasteiger partial charge in [0.15, 0.2) is 6.61 Å². The van der Waals surface area contributed by atoms with Crippen LogP contribution in [0.15, 0.2) is 18.2 Å². The smallest absolute Gasteiger partial charge is 0.258 e. The van der Waals surface area contributed by atoms with E-state index in [4.69, 9.17) is 15.2 Å². The first-order chi connectivity index (χ1) is 9.15. The van der Waals surface area contributed by atoms with Gasteiger partial charge in [0.1, 0.15) is 5.75 Å². The third-order valence-electron chi connectivity index (χ3n) is 3.11. The molecule has 1 heterocycles. The van der Waals surface area contributed by atoms with Crippen LogP contribution in [0.2, 0.25) is 0 Å². The molecule has 5 nitrogen and oxygen atoms in total. The zero-order valence-electron chi connectivity index (χ0n) is 11.1. The molecular weight excluding hydrogens is 244 g/mol. The van der Waals surface area contributed by atoms with Crippen LogP contribution >= 0.6 is 0 Å². The van der Waals surface area contributed by atoms with E-state index in [1.165, 1.54) is 0 Å². The van der Waals surface area contributed by atoms with E-state index in [0.29, 0.717) is 24.7 Å². The number of benzene rings is 1. The molecule has 5 heteroatoms. The fourth-order valence-corrected chi connectivity index (χ4v) is 2.05. The number of hydrogen-bond donors (Lipinski definition) is 2. The SMILES string of the molecule is Cc1ccc(OCC(=O)NC2CCOCC2)c(N)c1. The van der Waals surface area contributed by atoms with Crippen LogP contribution < -0.4 is 15.8 Å². The van der Waals surface area contributed by atoms with Gasteiger partial charge >= 0.3 is 0 Å². The third kappa shape index (κ3) is 4.13. The molecule has 1 aliphatic rings. The fraction of sp³-hybridized carbons (Fsp3) is 0.500. The number of nitrogen functional groups attached to an aromatic ring is 1. The lowest BCUT2D eigenvalue weighted by Crippen LogP contribution is -2.41. The molecule has 1 amide bonds. The first kappa shape index (κ1) is 13.7. The Bertz CT molecular complexity index is 442. The van der Waals surface area contributed by atoms with Gasteiger partial charge in [-0.05, 0) is 37.5 Å². The molecule has 0 spiro atoms. The number of rotatable bonds is 4. The normalized spacial score (nSPS) is 16.1. The highest BCUT2D eigenvalue weighted by atomic mass is 16.5. The van der Waals surface area contributed by atoms with Crippen molar-refractivity contribution in [1.82, 2.24) is 5.32 Å². The molecule has 0 radical (unpaired) electrons. The van der Waals surface area contributed by atoms with Crippen molar-refractivity contribution >= 4 is 11.6 Å². The zero-order valence-corrected chi connectivity index (χ0v) is 11.1. The summed E-state index contributed by atoms with van der Waals surface area (Å²) in [5.74, 6) is 0.430. The Morgan fingerprint density at radius 2 is 2.21 bits per heavy atom. The molecule has 3 N–H and O–H groups in total. The quantitative estimate of drug-likeness (QED) is 0.803. The molecule has 1 fully saturated rings. The van der Waals surface area contributed by atoms with Crippen LogP contribution in [0.25, 0.3) is 0 Å². The van der Waals surface area contributed by atoms with Crippen LogP contribution in [0.1, 0.15) is 18.4 Å². The molecule has 0 unspecified atom stereocenters. The van der Waals surface area contributed by atoms with E-state index in [0.717, 1.165) is 18.4 Å². The Morgan fingerprint density at radius 1 is 1.47 bits per heavy atom. The molecule has 0 saturated carbocycles. The highest BCUT2D eigenvalue weighted by Crippen LogP contribution is 2.21. The molecule has 0 bridgehead atoms. The van der Waals surface area contributed by atoms with Crippen LogP contribution in [-0.2, 0) is 9.53 Å². The number of carbonyl (C=O) groups excluding carboxylic acids is 1. The number of amides is 1. The summed E-state index contributed by atoms with van der Waals surface area (Å²) < 4.78 is 10.7. The number of nitrogens with one attached hydrogen (secondary N) is 1. The van der Waals surface area contributed by atoms with Gasteiger partial charge in [0.05, 0.1) is 5.69 Å². The van der Waals surface area contributed by atoms with Crippen LogP contribution in [0.5, 0.6) is 5.75 Å². The number of anilines is 1. The Balaban J connectivity index is 1.79. The van der Waals surface area contributed by atoms with E-state index in [1.54, 1.807) is 6.07 Å². The summed E-state index contributed by atoms with van der Waals surface area (Å²) in [4.78, 5) is 11.7. The van der Waals surface area contributed by atoms with Gasteiger partial charge in [0.2, 0.25) is 0 Å². The summed E-state index contributed by atoms with van der Waals surface area (Å²) >= 11 is 0. The lowest BCUT2D eigenvalue weighted by Gasteiger charge is -2.23. The first-order valence-corrected chi connectivity index (χ1v) is 6.51. The van der Waals surface area contributed by atoms with Gasteiger partial charge in [-0.15, -0.1) is 0 Å². The van der Waals surface area contributed by atoms with Crippen molar-refractivity contribution in [3.8, 4) is 5.75 Å². The van der Waals surface area contributed by atoms with Crippen LogP contribution in [0, 0.1) is 6.92 Å². The number of nitrogens with two attached hydrogens (primary N) is 1. The molecule has 0 atom stereocenters. The predicted molar refractivity (Wildman–Crippen MR) is 73.1 cm³/mol. The molecule has 104 valence electrons. The largest absolute Gasteiger partial charge is 0.482 e. The molecular formula is C14H20N2O3. The standard InChI is InChI=1S/C14H20N2O3/c1-10-2-3-13(12(15)8-10)19-9-14(17)16-11-4-6-18-7-5-11/h2-3,8,11H,4-7,9,15H2,1H3,(H,16,17). The highest BCUT2D eigenvalue weighted by Gasteiger charge is 2.16.